The fraction of sp³-hybridized carbons (Fsp3) is 0.227. The van der Waals surface area contributed by atoms with E-state index in [2.05, 4.69) is 4.99 Å². The molecule has 1 atom stereocenters. The number of hydrogen-bond donors (Lipinski definition) is 0. The summed E-state index contributed by atoms with van der Waals surface area (Å²) in [5, 5.41) is 2.88. The van der Waals surface area contributed by atoms with Gasteiger partial charge >= 0.3 is 5.97 Å². The van der Waals surface area contributed by atoms with Crippen molar-refractivity contribution in [3.63, 3.8) is 0 Å². The summed E-state index contributed by atoms with van der Waals surface area (Å²) >= 11 is 15.0. The zero-order valence-electron chi connectivity index (χ0n) is 16.9. The third kappa shape index (κ3) is 4.28. The zero-order valence-corrected chi connectivity index (χ0v) is 20.0. The van der Waals surface area contributed by atoms with Crippen molar-refractivity contribution in [2.24, 2.45) is 4.99 Å². The van der Waals surface area contributed by atoms with Crippen LogP contribution in [-0.2, 0) is 9.53 Å². The Hall–Kier alpha value is -2.19. The van der Waals surface area contributed by atoms with Crippen molar-refractivity contribution in [1.82, 2.24) is 4.57 Å². The van der Waals surface area contributed by atoms with E-state index in [1.165, 1.54) is 22.7 Å². The number of ether oxygens (including phenoxy) is 1. The van der Waals surface area contributed by atoms with Crippen molar-refractivity contribution in [2.45, 2.75) is 32.9 Å². The van der Waals surface area contributed by atoms with E-state index >= 15 is 0 Å². The molecule has 0 bridgehead atoms. The van der Waals surface area contributed by atoms with Gasteiger partial charge in [-0.3, -0.25) is 9.36 Å². The molecule has 5 nitrogen and oxygen atoms in total. The highest BCUT2D eigenvalue weighted by molar-refractivity contribution is 7.10. The first-order chi connectivity index (χ1) is 14.8. The van der Waals surface area contributed by atoms with Crippen LogP contribution in [0.4, 0.5) is 0 Å². The van der Waals surface area contributed by atoms with E-state index in [0.29, 0.717) is 36.2 Å². The van der Waals surface area contributed by atoms with E-state index < -0.39 is 12.0 Å². The maximum atomic E-state index is 13.4. The summed E-state index contributed by atoms with van der Waals surface area (Å²) in [4.78, 5) is 32.3. The van der Waals surface area contributed by atoms with E-state index in [1.807, 2.05) is 17.5 Å². The Labute approximate surface area is 196 Å². The Balaban J connectivity index is 1.93. The van der Waals surface area contributed by atoms with Crippen molar-refractivity contribution in [3.05, 3.63) is 87.2 Å². The molecule has 0 amide bonds. The summed E-state index contributed by atoms with van der Waals surface area (Å²) in [6, 6.07) is 8.31. The van der Waals surface area contributed by atoms with Crippen LogP contribution in [0.15, 0.2) is 56.8 Å². The molecule has 0 unspecified atom stereocenters. The number of aromatic nitrogens is 1. The first-order valence-electron chi connectivity index (χ1n) is 9.48. The summed E-state index contributed by atoms with van der Waals surface area (Å²) in [7, 11) is 0. The lowest BCUT2D eigenvalue weighted by Gasteiger charge is -2.24. The molecule has 4 rings (SSSR count). The molecule has 31 heavy (non-hydrogen) atoms. The number of carbonyl (C=O) groups excluding carboxylic acids is 1. The number of halogens is 2. The van der Waals surface area contributed by atoms with Gasteiger partial charge in [-0.1, -0.05) is 46.7 Å². The van der Waals surface area contributed by atoms with Gasteiger partial charge < -0.3 is 4.74 Å². The quantitative estimate of drug-likeness (QED) is 0.501. The van der Waals surface area contributed by atoms with Crippen LogP contribution in [0.1, 0.15) is 37.3 Å². The minimum Gasteiger partial charge on any atom is -0.459 e. The fourth-order valence-electron chi connectivity index (χ4n) is 3.34. The largest absolute Gasteiger partial charge is 0.459 e. The smallest absolute Gasteiger partial charge is 0.338 e. The Kier molecular flexibility index (Phi) is 6.21. The van der Waals surface area contributed by atoms with Gasteiger partial charge in [0, 0.05) is 14.9 Å². The molecule has 0 N–H and O–H groups in total. The third-order valence-electron chi connectivity index (χ3n) is 4.65. The summed E-state index contributed by atoms with van der Waals surface area (Å²) in [6.45, 7) is 5.35. The van der Waals surface area contributed by atoms with Crippen molar-refractivity contribution in [2.75, 3.05) is 0 Å². The molecule has 2 aromatic heterocycles. The van der Waals surface area contributed by atoms with Gasteiger partial charge in [0.2, 0.25) is 0 Å². The minimum atomic E-state index is -0.592. The van der Waals surface area contributed by atoms with Crippen LogP contribution >= 0.6 is 45.9 Å². The Bertz CT molecular complexity index is 1370. The van der Waals surface area contributed by atoms with Crippen molar-refractivity contribution in [1.29, 1.82) is 0 Å². The molecule has 0 saturated heterocycles. The zero-order chi connectivity index (χ0) is 22.3. The number of fused-ring (bicyclic) bond motifs is 1. The molecule has 160 valence electrons. The molecule has 0 saturated carbocycles. The first kappa shape index (κ1) is 22.0. The van der Waals surface area contributed by atoms with Crippen LogP contribution in [0.3, 0.4) is 0 Å². The maximum Gasteiger partial charge on any atom is 0.338 e. The van der Waals surface area contributed by atoms with Gasteiger partial charge in [0.25, 0.3) is 5.56 Å². The van der Waals surface area contributed by atoms with E-state index in [1.54, 1.807) is 49.6 Å². The van der Waals surface area contributed by atoms with Crippen LogP contribution in [0.5, 0.6) is 0 Å². The molecule has 1 aromatic carbocycles. The molecule has 0 aliphatic carbocycles. The second-order valence-electron chi connectivity index (χ2n) is 7.22. The standard InChI is InChI=1S/C22H18Cl2N2O3S2/c1-11(2)29-21(28)18-12(3)25-22-26(19(18)16-5-4-8-30-16)20(27)17(31-22)9-13-6-7-14(23)10-15(13)24/h4-11,19H,1-3H3/b17-9-/t19-/m1/s1. The number of esters is 1. The van der Waals surface area contributed by atoms with Gasteiger partial charge in [0.05, 0.1) is 21.9 Å². The molecule has 0 radical (unpaired) electrons. The van der Waals surface area contributed by atoms with E-state index in [0.717, 1.165) is 4.88 Å². The lowest BCUT2D eigenvalue weighted by molar-refractivity contribution is -0.143. The lowest BCUT2D eigenvalue weighted by Crippen LogP contribution is -2.39. The van der Waals surface area contributed by atoms with E-state index in [-0.39, 0.29) is 11.7 Å². The van der Waals surface area contributed by atoms with Gasteiger partial charge in [-0.05, 0) is 56.0 Å². The normalized spacial score (nSPS) is 16.5. The monoisotopic (exact) mass is 492 g/mol. The summed E-state index contributed by atoms with van der Waals surface area (Å²) in [5.74, 6) is -0.468. The number of thiazole rings is 1. The summed E-state index contributed by atoms with van der Waals surface area (Å²) < 4.78 is 7.50. The van der Waals surface area contributed by atoms with Crippen molar-refractivity contribution >= 4 is 57.9 Å². The summed E-state index contributed by atoms with van der Waals surface area (Å²) in [6.07, 6.45) is 1.44. The predicted octanol–water partition coefficient (Wildman–Crippen LogP) is 4.56. The van der Waals surface area contributed by atoms with Crippen LogP contribution in [0, 0.1) is 0 Å². The van der Waals surface area contributed by atoms with E-state index in [4.69, 9.17) is 27.9 Å². The van der Waals surface area contributed by atoms with Crippen molar-refractivity contribution < 1.29 is 9.53 Å². The van der Waals surface area contributed by atoms with E-state index in [9.17, 15) is 9.59 Å². The molecule has 1 aliphatic heterocycles. The van der Waals surface area contributed by atoms with Gasteiger partial charge in [-0.2, -0.15) is 0 Å². The minimum absolute atomic E-state index is 0.240. The number of rotatable bonds is 4. The average molecular weight is 493 g/mol. The highest BCUT2D eigenvalue weighted by atomic mass is 35.5. The number of nitrogens with zero attached hydrogens (tertiary/aromatic N) is 2. The molecular weight excluding hydrogens is 475 g/mol. The van der Waals surface area contributed by atoms with Crippen LogP contribution < -0.4 is 14.9 Å². The highest BCUT2D eigenvalue weighted by Crippen LogP contribution is 2.33. The molecular formula is C22H18Cl2N2O3S2. The SMILES string of the molecule is CC1=C(C(=O)OC(C)C)[C@@H](c2cccs2)n2c(s/c(=C\c3ccc(Cl)cc3Cl)c2=O)=N1. The predicted molar refractivity (Wildman–Crippen MR) is 126 cm³/mol. The van der Waals surface area contributed by atoms with Gasteiger partial charge in [-0.15, -0.1) is 11.3 Å². The number of benzene rings is 1. The van der Waals surface area contributed by atoms with Gasteiger partial charge in [0.1, 0.15) is 6.04 Å². The topological polar surface area (TPSA) is 60.7 Å². The molecule has 0 spiro atoms. The molecule has 3 aromatic rings. The molecule has 0 fully saturated rings. The Morgan fingerprint density at radius 2 is 2.06 bits per heavy atom. The third-order valence-corrected chi connectivity index (χ3v) is 7.12. The van der Waals surface area contributed by atoms with Gasteiger partial charge in [-0.25, -0.2) is 9.79 Å². The lowest BCUT2D eigenvalue weighted by atomic mass is 10.0. The number of carbonyl (C=O) groups is 1. The Morgan fingerprint density at radius 1 is 1.29 bits per heavy atom. The van der Waals surface area contributed by atoms with Crippen LogP contribution in [0.25, 0.3) is 6.08 Å². The van der Waals surface area contributed by atoms with Crippen LogP contribution in [-0.4, -0.2) is 16.6 Å². The number of allylic oxidation sites excluding steroid dienone is 1. The molecule has 3 heterocycles. The maximum absolute atomic E-state index is 13.4. The van der Waals surface area contributed by atoms with Gasteiger partial charge in [0.15, 0.2) is 4.80 Å². The second-order valence-corrected chi connectivity index (χ2v) is 10.0. The first-order valence-corrected chi connectivity index (χ1v) is 11.9. The summed E-state index contributed by atoms with van der Waals surface area (Å²) in [5.41, 5.74) is 1.36. The Morgan fingerprint density at radius 3 is 2.71 bits per heavy atom. The van der Waals surface area contributed by atoms with Crippen LogP contribution in [0.2, 0.25) is 10.0 Å². The van der Waals surface area contributed by atoms with Crippen molar-refractivity contribution in [3.8, 4) is 0 Å². The fourth-order valence-corrected chi connectivity index (χ4v) is 5.66. The second kappa shape index (κ2) is 8.74. The number of hydrogen-bond acceptors (Lipinski definition) is 6. The molecule has 1 aliphatic rings. The highest BCUT2D eigenvalue weighted by Gasteiger charge is 2.34. The molecule has 9 heteroatoms. The average Bonchev–Trinajstić information content (AvgIpc) is 3.31. The number of thiophene rings is 1.